The summed E-state index contributed by atoms with van der Waals surface area (Å²) in [6.45, 7) is 3.99. The number of nitrogens with zero attached hydrogens (tertiary/aromatic N) is 4. The average molecular weight is 406 g/mol. The van der Waals surface area contributed by atoms with E-state index in [0.717, 1.165) is 30.2 Å². The van der Waals surface area contributed by atoms with Gasteiger partial charge in [0.25, 0.3) is 0 Å². The van der Waals surface area contributed by atoms with Crippen molar-refractivity contribution < 1.29 is 0 Å². The van der Waals surface area contributed by atoms with Gasteiger partial charge in [-0.3, -0.25) is 9.67 Å². The van der Waals surface area contributed by atoms with Crippen molar-refractivity contribution in [3.05, 3.63) is 12.2 Å². The van der Waals surface area contributed by atoms with Crippen LogP contribution < -0.4 is 10.6 Å². The Morgan fingerprint density at radius 1 is 1.33 bits per heavy atom. The van der Waals surface area contributed by atoms with Crippen LogP contribution in [0.1, 0.15) is 38.4 Å². The fourth-order valence-electron chi connectivity index (χ4n) is 2.64. The van der Waals surface area contributed by atoms with E-state index in [1.54, 1.807) is 18.1 Å². The van der Waals surface area contributed by atoms with Gasteiger partial charge in [0.2, 0.25) is 0 Å². The van der Waals surface area contributed by atoms with E-state index in [2.05, 4.69) is 32.6 Å². The van der Waals surface area contributed by atoms with Crippen LogP contribution in [0.2, 0.25) is 0 Å². The first-order chi connectivity index (χ1) is 9.69. The summed E-state index contributed by atoms with van der Waals surface area (Å²) in [6.07, 6.45) is 6.94. The van der Waals surface area contributed by atoms with Gasteiger partial charge < -0.3 is 10.6 Å². The third-order valence-electron chi connectivity index (χ3n) is 4.14. The van der Waals surface area contributed by atoms with Crippen LogP contribution in [0.4, 0.5) is 0 Å². The molecule has 0 spiro atoms. The van der Waals surface area contributed by atoms with E-state index in [1.807, 2.05) is 7.05 Å². The highest BCUT2D eigenvalue weighted by atomic mass is 127. The minimum atomic E-state index is 0. The van der Waals surface area contributed by atoms with Crippen molar-refractivity contribution in [2.75, 3.05) is 13.6 Å². The Bertz CT molecular complexity index is 436. The molecule has 0 aromatic carbocycles. The molecule has 0 bridgehead atoms. The summed E-state index contributed by atoms with van der Waals surface area (Å²) in [7, 11) is 3.69. The quantitative estimate of drug-likeness (QED) is 0.456. The Morgan fingerprint density at radius 2 is 2.05 bits per heavy atom. The summed E-state index contributed by atoms with van der Waals surface area (Å²) in [6, 6.07) is 0. The molecule has 2 rings (SSSR count). The maximum atomic E-state index is 4.25. The van der Waals surface area contributed by atoms with Crippen molar-refractivity contribution in [2.45, 2.75) is 39.2 Å². The Hall–Kier alpha value is -0.860. The zero-order chi connectivity index (χ0) is 14.4. The predicted molar refractivity (Wildman–Crippen MR) is 95.7 cm³/mol. The average Bonchev–Trinajstić information content (AvgIpc) is 2.86. The number of rotatable bonds is 4. The molecule has 1 saturated carbocycles. The standard InChI is InChI=1S/C14H26N6.HI/c1-11-4-6-12(7-5-11)8-16-14(15-2)17-9-13-18-10-19-20(13)3;/h10-12H,4-9H2,1-3H3,(H2,15,16,17);1H. The molecule has 1 fully saturated rings. The molecular weight excluding hydrogens is 379 g/mol. The number of guanidine groups is 1. The molecule has 0 radical (unpaired) electrons. The van der Waals surface area contributed by atoms with Gasteiger partial charge in [-0.2, -0.15) is 5.10 Å². The van der Waals surface area contributed by atoms with Crippen LogP contribution >= 0.6 is 24.0 Å². The summed E-state index contributed by atoms with van der Waals surface area (Å²) < 4.78 is 1.77. The molecule has 0 unspecified atom stereocenters. The van der Waals surface area contributed by atoms with Crippen molar-refractivity contribution in [1.82, 2.24) is 25.4 Å². The Labute approximate surface area is 144 Å². The van der Waals surface area contributed by atoms with E-state index in [9.17, 15) is 0 Å². The Balaban J connectivity index is 0.00000220. The summed E-state index contributed by atoms with van der Waals surface area (Å²) in [4.78, 5) is 8.44. The molecule has 0 atom stereocenters. The zero-order valence-electron chi connectivity index (χ0n) is 13.2. The van der Waals surface area contributed by atoms with Crippen LogP contribution in [0.15, 0.2) is 11.3 Å². The first-order valence-corrected chi connectivity index (χ1v) is 7.46. The fourth-order valence-corrected chi connectivity index (χ4v) is 2.64. The molecule has 1 aliphatic carbocycles. The molecule has 6 nitrogen and oxygen atoms in total. The topological polar surface area (TPSA) is 67.1 Å². The van der Waals surface area contributed by atoms with Gasteiger partial charge in [0, 0.05) is 20.6 Å². The van der Waals surface area contributed by atoms with Crippen LogP contribution in [0.25, 0.3) is 0 Å². The predicted octanol–water partition coefficient (Wildman–Crippen LogP) is 1.92. The highest BCUT2D eigenvalue weighted by Gasteiger charge is 2.18. The third kappa shape index (κ3) is 5.80. The third-order valence-corrected chi connectivity index (χ3v) is 4.14. The fraction of sp³-hybridized carbons (Fsp3) is 0.786. The van der Waals surface area contributed by atoms with Crippen LogP contribution in [-0.2, 0) is 13.6 Å². The molecule has 1 aliphatic rings. The second kappa shape index (κ2) is 9.22. The van der Waals surface area contributed by atoms with Crippen molar-refractivity contribution in [3.63, 3.8) is 0 Å². The first kappa shape index (κ1) is 18.2. The monoisotopic (exact) mass is 406 g/mol. The SMILES string of the molecule is CN=C(NCc1ncnn1C)NCC1CCC(C)CC1.I. The highest BCUT2D eigenvalue weighted by Crippen LogP contribution is 2.27. The first-order valence-electron chi connectivity index (χ1n) is 7.46. The van der Waals surface area contributed by atoms with Gasteiger partial charge in [0.05, 0.1) is 6.54 Å². The van der Waals surface area contributed by atoms with Crippen LogP contribution in [0.5, 0.6) is 0 Å². The van der Waals surface area contributed by atoms with Gasteiger partial charge in [-0.05, 0) is 24.7 Å². The maximum absolute atomic E-state index is 4.25. The molecule has 7 heteroatoms. The largest absolute Gasteiger partial charge is 0.356 e. The summed E-state index contributed by atoms with van der Waals surface area (Å²) in [5.41, 5.74) is 0. The Morgan fingerprint density at radius 3 is 2.62 bits per heavy atom. The zero-order valence-corrected chi connectivity index (χ0v) is 15.5. The second-order valence-corrected chi connectivity index (χ2v) is 5.73. The van der Waals surface area contributed by atoms with Gasteiger partial charge in [-0.25, -0.2) is 4.98 Å². The molecule has 2 N–H and O–H groups in total. The molecule has 0 aliphatic heterocycles. The molecule has 1 aromatic heterocycles. The van der Waals surface area contributed by atoms with E-state index in [4.69, 9.17) is 0 Å². The van der Waals surface area contributed by atoms with Gasteiger partial charge in [0.1, 0.15) is 12.2 Å². The lowest BCUT2D eigenvalue weighted by Crippen LogP contribution is -2.40. The summed E-state index contributed by atoms with van der Waals surface area (Å²) in [5, 5.41) is 10.7. The number of hydrogen-bond acceptors (Lipinski definition) is 3. The lowest BCUT2D eigenvalue weighted by atomic mass is 9.83. The van der Waals surface area contributed by atoms with Gasteiger partial charge >= 0.3 is 0 Å². The highest BCUT2D eigenvalue weighted by molar-refractivity contribution is 14.0. The minimum absolute atomic E-state index is 0. The number of hydrogen-bond donors (Lipinski definition) is 2. The van der Waals surface area contributed by atoms with E-state index >= 15 is 0 Å². The number of halogens is 1. The maximum Gasteiger partial charge on any atom is 0.191 e. The molecule has 0 saturated heterocycles. The lowest BCUT2D eigenvalue weighted by Gasteiger charge is -2.26. The van der Waals surface area contributed by atoms with Gasteiger partial charge in [0.15, 0.2) is 5.96 Å². The Kier molecular flexibility index (Phi) is 7.98. The smallest absolute Gasteiger partial charge is 0.191 e. The van der Waals surface area contributed by atoms with E-state index < -0.39 is 0 Å². The second-order valence-electron chi connectivity index (χ2n) is 5.73. The molecule has 120 valence electrons. The number of aliphatic imine (C=N–C) groups is 1. The molecule has 1 heterocycles. The van der Waals surface area contributed by atoms with E-state index in [0.29, 0.717) is 6.54 Å². The van der Waals surface area contributed by atoms with Gasteiger partial charge in [-0.1, -0.05) is 19.8 Å². The van der Waals surface area contributed by atoms with E-state index in [-0.39, 0.29) is 24.0 Å². The van der Waals surface area contributed by atoms with E-state index in [1.165, 1.54) is 25.7 Å². The number of aromatic nitrogens is 3. The minimum Gasteiger partial charge on any atom is -0.356 e. The summed E-state index contributed by atoms with van der Waals surface area (Å²) in [5.74, 6) is 3.42. The summed E-state index contributed by atoms with van der Waals surface area (Å²) >= 11 is 0. The van der Waals surface area contributed by atoms with Crippen molar-refractivity contribution >= 4 is 29.9 Å². The van der Waals surface area contributed by atoms with Crippen LogP contribution in [0, 0.1) is 11.8 Å². The van der Waals surface area contributed by atoms with Gasteiger partial charge in [-0.15, -0.1) is 24.0 Å². The van der Waals surface area contributed by atoms with Crippen LogP contribution in [-0.4, -0.2) is 34.3 Å². The normalized spacial score (nSPS) is 22.5. The molecular formula is C14H27IN6. The van der Waals surface area contributed by atoms with Crippen LogP contribution in [0.3, 0.4) is 0 Å². The molecule has 1 aromatic rings. The number of aryl methyl sites for hydroxylation is 1. The van der Waals surface area contributed by atoms with Crippen molar-refractivity contribution in [1.29, 1.82) is 0 Å². The number of nitrogens with one attached hydrogen (secondary N) is 2. The molecule has 0 amide bonds. The van der Waals surface area contributed by atoms with Crippen molar-refractivity contribution in [3.8, 4) is 0 Å². The van der Waals surface area contributed by atoms with Crippen molar-refractivity contribution in [2.24, 2.45) is 23.9 Å². The molecule has 21 heavy (non-hydrogen) atoms. The lowest BCUT2D eigenvalue weighted by molar-refractivity contribution is 0.289.